The summed E-state index contributed by atoms with van der Waals surface area (Å²) in [5, 5.41) is 7.95. The highest BCUT2D eigenvalue weighted by atomic mass is 16.5. The molecule has 3 N–H and O–H groups in total. The molecule has 0 unspecified atom stereocenters. The number of nitrogens with zero attached hydrogens (tertiary/aromatic N) is 4. The summed E-state index contributed by atoms with van der Waals surface area (Å²) in [5.41, 5.74) is 7.25. The maximum atomic E-state index is 14.4. The predicted molar refractivity (Wildman–Crippen MR) is 233 cm³/mol. The van der Waals surface area contributed by atoms with Crippen LogP contribution in [0.15, 0.2) is 65.8 Å². The Morgan fingerprint density at radius 3 is 2.31 bits per heavy atom. The fourth-order valence-corrected chi connectivity index (χ4v) is 11.3. The normalized spacial score (nSPS) is 25.9. The number of nitrogens with one attached hydrogen (secondary N) is 3. The lowest BCUT2D eigenvalue weighted by molar-refractivity contribution is -0.140. The first kappa shape index (κ1) is 40.3. The summed E-state index contributed by atoms with van der Waals surface area (Å²) in [5.74, 6) is 1.33. The number of rotatable bonds is 10. The first-order valence-electron chi connectivity index (χ1n) is 22.3. The zero-order valence-corrected chi connectivity index (χ0v) is 35.8. The van der Waals surface area contributed by atoms with E-state index in [0.29, 0.717) is 44.3 Å². The molecular weight excluding hydrogens is 787 g/mol. The van der Waals surface area contributed by atoms with Gasteiger partial charge in [0.2, 0.25) is 11.8 Å². The van der Waals surface area contributed by atoms with Crippen LogP contribution in [0.3, 0.4) is 0 Å². The number of alkyl carbamates (subject to hydrolysis) is 2. The van der Waals surface area contributed by atoms with Crippen molar-refractivity contribution in [2.75, 3.05) is 27.4 Å². The van der Waals surface area contributed by atoms with Gasteiger partial charge in [-0.05, 0) is 114 Å². The Balaban J connectivity index is 0.840. The quantitative estimate of drug-likeness (QED) is 0.152. The van der Waals surface area contributed by atoms with Crippen LogP contribution in [0.4, 0.5) is 15.3 Å². The summed E-state index contributed by atoms with van der Waals surface area (Å²) in [6.07, 6.45) is 7.58. The van der Waals surface area contributed by atoms with Crippen molar-refractivity contribution in [3.05, 3.63) is 72.2 Å². The van der Waals surface area contributed by atoms with Crippen LogP contribution in [0.1, 0.15) is 76.2 Å². The van der Waals surface area contributed by atoms with Gasteiger partial charge in [0, 0.05) is 37.4 Å². The van der Waals surface area contributed by atoms with E-state index in [-0.39, 0.29) is 47.8 Å². The van der Waals surface area contributed by atoms with Crippen molar-refractivity contribution in [3.8, 4) is 22.4 Å². The maximum absolute atomic E-state index is 14.4. The average Bonchev–Trinajstić information content (AvgIpc) is 3.92. The number of hydrogen-bond donors (Lipinski definition) is 3. The van der Waals surface area contributed by atoms with Crippen LogP contribution in [-0.2, 0) is 30.2 Å². The van der Waals surface area contributed by atoms with Gasteiger partial charge in [-0.25, -0.2) is 14.6 Å². The number of carbonyl (C=O) groups excluding carboxylic acids is 4. The SMILES string of the molecule is COC(=O)N[C@H](C(=O)N1[C@@H]2C[C@@H]2C[C@H]1C1=Nc2ccc3cc(-c4ccc(-c5cnc([C@@H]6[C@H]7CC[C@H](C7)N6C(=O)[C@@H](NC(=O)OC)C6CCOCC6)[nH]5)cc4)ccc3c2C1)C(C)C. The lowest BCUT2D eigenvalue weighted by Crippen LogP contribution is -2.55. The van der Waals surface area contributed by atoms with Gasteiger partial charge in [0.05, 0.1) is 43.9 Å². The highest BCUT2D eigenvalue weighted by Crippen LogP contribution is 2.52. The van der Waals surface area contributed by atoms with E-state index in [1.165, 1.54) is 19.8 Å². The number of benzene rings is 3. The van der Waals surface area contributed by atoms with Gasteiger partial charge in [-0.2, -0.15) is 0 Å². The molecule has 14 heteroatoms. The van der Waals surface area contributed by atoms with E-state index in [0.717, 1.165) is 82.5 Å². The first-order valence-corrected chi connectivity index (χ1v) is 22.3. The molecule has 14 nitrogen and oxygen atoms in total. The van der Waals surface area contributed by atoms with E-state index in [1.807, 2.05) is 29.8 Å². The average molecular weight is 842 g/mol. The number of aromatic amines is 1. The Labute approximate surface area is 361 Å². The molecule has 8 atom stereocenters. The van der Waals surface area contributed by atoms with Gasteiger partial charge < -0.3 is 39.6 Å². The van der Waals surface area contributed by atoms with E-state index in [2.05, 4.69) is 70.2 Å². The van der Waals surface area contributed by atoms with Crippen LogP contribution in [0, 0.1) is 23.7 Å². The number of carbonyl (C=O) groups is 4. The number of fused-ring (bicyclic) bond motifs is 6. The van der Waals surface area contributed by atoms with E-state index < -0.39 is 24.3 Å². The van der Waals surface area contributed by atoms with Crippen molar-refractivity contribution >= 4 is 46.2 Å². The Bertz CT molecular complexity index is 2440. The second-order valence-electron chi connectivity index (χ2n) is 18.4. The van der Waals surface area contributed by atoms with Crippen LogP contribution in [0.2, 0.25) is 0 Å². The molecule has 10 rings (SSSR count). The van der Waals surface area contributed by atoms with Crippen molar-refractivity contribution in [1.82, 2.24) is 30.4 Å². The molecule has 62 heavy (non-hydrogen) atoms. The first-order chi connectivity index (χ1) is 30.1. The lowest BCUT2D eigenvalue weighted by atomic mass is 9.89. The topological polar surface area (TPSA) is 168 Å². The molecule has 6 aliphatic rings. The molecular formula is C48H55N7O7. The zero-order chi connectivity index (χ0) is 42.8. The minimum absolute atomic E-state index is 0.0223. The molecule has 0 radical (unpaired) electrons. The molecule has 4 amide bonds. The number of amides is 4. The number of hydrogen-bond acceptors (Lipinski definition) is 9. The van der Waals surface area contributed by atoms with Gasteiger partial charge in [-0.1, -0.05) is 56.3 Å². The molecule has 5 fully saturated rings. The second-order valence-corrected chi connectivity index (χ2v) is 18.4. The van der Waals surface area contributed by atoms with Gasteiger partial charge in [0.1, 0.15) is 17.9 Å². The second kappa shape index (κ2) is 16.2. The molecule has 324 valence electrons. The van der Waals surface area contributed by atoms with E-state index in [9.17, 15) is 19.2 Å². The molecule has 2 aliphatic carbocycles. The van der Waals surface area contributed by atoms with Gasteiger partial charge in [0.25, 0.3) is 0 Å². The van der Waals surface area contributed by atoms with Crippen molar-refractivity contribution in [2.24, 2.45) is 28.7 Å². The molecule has 2 bridgehead atoms. The molecule has 4 aliphatic heterocycles. The van der Waals surface area contributed by atoms with Crippen LogP contribution >= 0.6 is 0 Å². The number of piperidine rings is 2. The summed E-state index contributed by atoms with van der Waals surface area (Å²) in [6, 6.07) is 18.0. The number of ether oxygens (including phenoxy) is 3. The molecule has 3 aromatic carbocycles. The third-order valence-corrected chi connectivity index (χ3v) is 14.6. The summed E-state index contributed by atoms with van der Waals surface area (Å²) in [4.78, 5) is 70.5. The Kier molecular flexibility index (Phi) is 10.5. The molecule has 0 spiro atoms. The molecule has 3 saturated heterocycles. The Morgan fingerprint density at radius 2 is 1.55 bits per heavy atom. The maximum Gasteiger partial charge on any atom is 0.407 e. The Hall–Kier alpha value is -5.76. The van der Waals surface area contributed by atoms with Gasteiger partial charge >= 0.3 is 12.2 Å². The molecule has 5 heterocycles. The van der Waals surface area contributed by atoms with Crippen molar-refractivity contribution in [1.29, 1.82) is 0 Å². The number of likely N-dealkylation sites (tertiary alicyclic amines) is 2. The fraction of sp³-hybridized carbons (Fsp3) is 0.500. The van der Waals surface area contributed by atoms with Crippen molar-refractivity contribution in [2.45, 2.75) is 101 Å². The van der Waals surface area contributed by atoms with Crippen molar-refractivity contribution < 1.29 is 33.4 Å². The molecule has 4 aromatic rings. The van der Waals surface area contributed by atoms with Crippen molar-refractivity contribution in [3.63, 3.8) is 0 Å². The van der Waals surface area contributed by atoms with E-state index >= 15 is 0 Å². The van der Waals surface area contributed by atoms with Crippen LogP contribution in [0.25, 0.3) is 33.2 Å². The number of aliphatic imine (C=N–C) groups is 1. The van der Waals surface area contributed by atoms with Crippen LogP contribution < -0.4 is 10.6 Å². The summed E-state index contributed by atoms with van der Waals surface area (Å²) >= 11 is 0. The highest BCUT2D eigenvalue weighted by molar-refractivity contribution is 6.06. The minimum atomic E-state index is -0.676. The van der Waals surface area contributed by atoms with Crippen LogP contribution in [0.5, 0.6) is 0 Å². The number of aromatic nitrogens is 2. The summed E-state index contributed by atoms with van der Waals surface area (Å²) in [7, 11) is 2.64. The zero-order valence-electron chi connectivity index (χ0n) is 35.8. The minimum Gasteiger partial charge on any atom is -0.453 e. The van der Waals surface area contributed by atoms with E-state index in [1.54, 1.807) is 0 Å². The fourth-order valence-electron chi connectivity index (χ4n) is 11.3. The lowest BCUT2D eigenvalue weighted by Gasteiger charge is -2.39. The summed E-state index contributed by atoms with van der Waals surface area (Å²) < 4.78 is 15.4. The standard InChI is InChI=1S/C48H55N7O7/c1-25(2)41(52-47(58)60-3)45(56)55-39-21-32(39)22-40(55)37-23-35-34-13-10-29(19-30(34)11-14-36(35)50-37)26-5-7-27(8-6-26)38-24-49-44(51-38)43-31-9-12-33(20-31)54(43)46(57)42(53-48(59)61-4)28-15-17-62-18-16-28/h5-8,10-11,13-14,19,24-25,28,31-33,39-43H,9,12,15-18,20-23H2,1-4H3,(H,49,51)(H,52,58)(H,53,59)/t31-,32+,33+,39+,40-,41-,42-,43-/m0/s1. The largest absolute Gasteiger partial charge is 0.453 e. The van der Waals surface area contributed by atoms with Gasteiger partial charge in [0.15, 0.2) is 0 Å². The number of imidazole rings is 1. The molecule has 1 aromatic heterocycles. The molecule has 2 saturated carbocycles. The predicted octanol–water partition coefficient (Wildman–Crippen LogP) is 7.10. The monoisotopic (exact) mass is 841 g/mol. The van der Waals surface area contributed by atoms with Gasteiger partial charge in [-0.15, -0.1) is 0 Å². The van der Waals surface area contributed by atoms with E-state index in [4.69, 9.17) is 24.2 Å². The third-order valence-electron chi connectivity index (χ3n) is 14.6. The van der Waals surface area contributed by atoms with Crippen LogP contribution in [-0.4, -0.2) is 107 Å². The van der Waals surface area contributed by atoms with Gasteiger partial charge in [-0.3, -0.25) is 14.6 Å². The highest BCUT2D eigenvalue weighted by Gasteiger charge is 2.57. The number of methoxy groups -OCH3 is 2. The summed E-state index contributed by atoms with van der Waals surface area (Å²) in [6.45, 7) is 5.02. The number of H-pyrrole nitrogens is 1. The Morgan fingerprint density at radius 1 is 0.806 bits per heavy atom. The smallest absolute Gasteiger partial charge is 0.407 e. The third kappa shape index (κ3) is 7.19.